The fourth-order valence-electron chi connectivity index (χ4n) is 2.87. The summed E-state index contributed by atoms with van der Waals surface area (Å²) in [7, 11) is 0. The minimum atomic E-state index is -0.563. The number of carbonyl (C=O) groups is 3. The number of benzene rings is 1. The Hall–Kier alpha value is -2.80. The van der Waals surface area contributed by atoms with Crippen molar-refractivity contribution in [3.05, 3.63) is 57.9 Å². The molecule has 0 aliphatic carbocycles. The first kappa shape index (κ1) is 22.5. The van der Waals surface area contributed by atoms with E-state index in [2.05, 4.69) is 5.32 Å². The molecule has 8 heteroatoms. The van der Waals surface area contributed by atoms with Crippen molar-refractivity contribution in [1.82, 2.24) is 9.88 Å². The van der Waals surface area contributed by atoms with Crippen molar-refractivity contribution in [2.75, 3.05) is 19.8 Å². The summed E-state index contributed by atoms with van der Waals surface area (Å²) in [6, 6.07) is 9.06. The van der Waals surface area contributed by atoms with Gasteiger partial charge < -0.3 is 19.4 Å². The fraction of sp³-hybridized carbons (Fsp3) is 0.381. The topological polar surface area (TPSA) is 86.6 Å². The largest absolute Gasteiger partial charge is 0.462 e. The van der Waals surface area contributed by atoms with Gasteiger partial charge in [0.25, 0.3) is 5.91 Å². The normalized spacial score (nSPS) is 10.5. The Morgan fingerprint density at radius 3 is 2.59 bits per heavy atom. The maximum atomic E-state index is 12.1. The minimum absolute atomic E-state index is 0.0904. The molecular formula is C21H25ClN2O5. The lowest BCUT2D eigenvalue weighted by atomic mass is 10.1. The molecule has 1 heterocycles. The first-order valence-corrected chi connectivity index (χ1v) is 9.70. The highest BCUT2D eigenvalue weighted by Crippen LogP contribution is 2.16. The summed E-state index contributed by atoms with van der Waals surface area (Å²) >= 11 is 5.92. The molecule has 2 aromatic rings. The average Bonchev–Trinajstić information content (AvgIpc) is 2.95. The van der Waals surface area contributed by atoms with Gasteiger partial charge in [-0.25, -0.2) is 4.79 Å². The van der Waals surface area contributed by atoms with Gasteiger partial charge in [-0.15, -0.1) is 0 Å². The number of nitrogens with zero attached hydrogens (tertiary/aromatic N) is 1. The Labute approximate surface area is 174 Å². The van der Waals surface area contributed by atoms with Crippen molar-refractivity contribution in [2.45, 2.75) is 33.7 Å². The van der Waals surface area contributed by atoms with Crippen molar-refractivity contribution < 1.29 is 23.9 Å². The van der Waals surface area contributed by atoms with Crippen molar-refractivity contribution in [3.63, 3.8) is 0 Å². The van der Waals surface area contributed by atoms with E-state index in [4.69, 9.17) is 21.1 Å². The number of esters is 2. The quantitative estimate of drug-likeness (QED) is 0.630. The van der Waals surface area contributed by atoms with Crippen LogP contribution in [0.25, 0.3) is 0 Å². The van der Waals surface area contributed by atoms with Crippen LogP contribution in [0.1, 0.15) is 34.2 Å². The third-order valence-electron chi connectivity index (χ3n) is 4.35. The SMILES string of the molecule is CCOC(=O)c1cc(C)n(CC(=O)OCC(=O)NCCc2cccc(Cl)c2)c1C. The Morgan fingerprint density at radius 1 is 1.14 bits per heavy atom. The van der Waals surface area contributed by atoms with E-state index in [1.165, 1.54) is 0 Å². The van der Waals surface area contributed by atoms with Crippen molar-refractivity contribution in [3.8, 4) is 0 Å². The maximum absolute atomic E-state index is 12.1. The van der Waals surface area contributed by atoms with Gasteiger partial charge in [-0.05, 0) is 51.0 Å². The monoisotopic (exact) mass is 420 g/mol. The molecule has 0 aliphatic heterocycles. The van der Waals surface area contributed by atoms with E-state index in [0.717, 1.165) is 11.3 Å². The zero-order valence-corrected chi connectivity index (χ0v) is 17.5. The summed E-state index contributed by atoms with van der Waals surface area (Å²) in [5, 5.41) is 3.34. The molecule has 1 aromatic carbocycles. The van der Waals surface area contributed by atoms with E-state index in [1.807, 2.05) is 18.2 Å². The fourth-order valence-corrected chi connectivity index (χ4v) is 3.08. The predicted octanol–water partition coefficient (Wildman–Crippen LogP) is 2.84. The molecule has 1 aromatic heterocycles. The van der Waals surface area contributed by atoms with Gasteiger partial charge >= 0.3 is 11.9 Å². The number of aromatic nitrogens is 1. The molecule has 0 radical (unpaired) electrons. The zero-order chi connectivity index (χ0) is 21.4. The number of carbonyl (C=O) groups excluding carboxylic acids is 3. The maximum Gasteiger partial charge on any atom is 0.339 e. The van der Waals surface area contributed by atoms with Gasteiger partial charge in [0.1, 0.15) is 6.54 Å². The number of nitrogens with one attached hydrogen (secondary N) is 1. The van der Waals surface area contributed by atoms with Gasteiger partial charge in [-0.1, -0.05) is 23.7 Å². The van der Waals surface area contributed by atoms with Crippen LogP contribution in [-0.2, 0) is 32.0 Å². The van der Waals surface area contributed by atoms with Crippen LogP contribution in [0, 0.1) is 13.8 Å². The van der Waals surface area contributed by atoms with Gasteiger partial charge in [0.05, 0.1) is 12.2 Å². The number of ether oxygens (including phenoxy) is 2. The number of amides is 1. The molecule has 29 heavy (non-hydrogen) atoms. The summed E-state index contributed by atoms with van der Waals surface area (Å²) in [6.45, 7) is 5.48. The summed E-state index contributed by atoms with van der Waals surface area (Å²) in [4.78, 5) is 35.9. The van der Waals surface area contributed by atoms with Gasteiger partial charge in [0.2, 0.25) is 0 Å². The standard InChI is InChI=1S/C21H25ClN2O5/c1-4-28-21(27)18-10-14(2)24(15(18)3)12-20(26)29-13-19(25)23-9-8-16-6-5-7-17(22)11-16/h5-7,10-11H,4,8-9,12-13H2,1-3H3,(H,23,25). The average molecular weight is 421 g/mol. The molecule has 0 saturated carbocycles. The highest BCUT2D eigenvalue weighted by Gasteiger charge is 2.19. The molecule has 0 fully saturated rings. The van der Waals surface area contributed by atoms with Crippen LogP contribution in [0.15, 0.2) is 30.3 Å². The molecule has 0 atom stereocenters. The number of hydrogen-bond acceptors (Lipinski definition) is 5. The summed E-state index contributed by atoms with van der Waals surface area (Å²) < 4.78 is 11.7. The molecule has 0 spiro atoms. The van der Waals surface area contributed by atoms with Crippen LogP contribution in [0.2, 0.25) is 5.02 Å². The minimum Gasteiger partial charge on any atom is -0.462 e. The molecule has 1 N–H and O–H groups in total. The molecule has 0 unspecified atom stereocenters. The Bertz CT molecular complexity index is 891. The zero-order valence-electron chi connectivity index (χ0n) is 16.8. The Kier molecular flexibility index (Phi) is 8.27. The lowest BCUT2D eigenvalue weighted by Gasteiger charge is -2.10. The Morgan fingerprint density at radius 2 is 1.90 bits per heavy atom. The van der Waals surface area contributed by atoms with Crippen LogP contribution in [0.5, 0.6) is 0 Å². The summed E-state index contributed by atoms with van der Waals surface area (Å²) in [5.41, 5.74) is 2.76. The predicted molar refractivity (Wildman–Crippen MR) is 109 cm³/mol. The van der Waals surface area contributed by atoms with Crippen LogP contribution in [-0.4, -0.2) is 42.2 Å². The molecule has 7 nitrogen and oxygen atoms in total. The van der Waals surface area contributed by atoms with Gasteiger partial charge in [-0.2, -0.15) is 0 Å². The smallest absolute Gasteiger partial charge is 0.339 e. The summed E-state index contributed by atoms with van der Waals surface area (Å²) in [5.74, 6) is -1.37. The molecule has 0 saturated heterocycles. The summed E-state index contributed by atoms with van der Waals surface area (Å²) in [6.07, 6.45) is 0.624. The van der Waals surface area contributed by atoms with E-state index in [1.54, 1.807) is 37.5 Å². The number of aryl methyl sites for hydroxylation is 1. The molecule has 1 amide bonds. The van der Waals surface area contributed by atoms with E-state index >= 15 is 0 Å². The molecule has 156 valence electrons. The van der Waals surface area contributed by atoms with Gasteiger partial charge in [0.15, 0.2) is 6.61 Å². The Balaban J connectivity index is 1.79. The highest BCUT2D eigenvalue weighted by molar-refractivity contribution is 6.30. The van der Waals surface area contributed by atoms with Crippen molar-refractivity contribution in [1.29, 1.82) is 0 Å². The van der Waals surface area contributed by atoms with Gasteiger partial charge in [-0.3, -0.25) is 9.59 Å². The number of rotatable bonds is 9. The van der Waals surface area contributed by atoms with Crippen molar-refractivity contribution >= 4 is 29.4 Å². The third-order valence-corrected chi connectivity index (χ3v) is 4.58. The second kappa shape index (κ2) is 10.7. The van der Waals surface area contributed by atoms with Crippen LogP contribution in [0.4, 0.5) is 0 Å². The number of hydrogen-bond donors (Lipinski definition) is 1. The first-order chi connectivity index (χ1) is 13.8. The van der Waals surface area contributed by atoms with E-state index in [0.29, 0.717) is 29.2 Å². The molecule has 0 aliphatic rings. The second-order valence-electron chi connectivity index (χ2n) is 6.48. The highest BCUT2D eigenvalue weighted by atomic mass is 35.5. The van der Waals surface area contributed by atoms with Crippen LogP contribution < -0.4 is 5.32 Å². The second-order valence-corrected chi connectivity index (χ2v) is 6.92. The van der Waals surface area contributed by atoms with E-state index in [-0.39, 0.29) is 25.7 Å². The number of halogens is 1. The molecule has 2 rings (SSSR count). The van der Waals surface area contributed by atoms with E-state index in [9.17, 15) is 14.4 Å². The van der Waals surface area contributed by atoms with Crippen molar-refractivity contribution in [2.24, 2.45) is 0 Å². The molecular weight excluding hydrogens is 396 g/mol. The van der Waals surface area contributed by atoms with Gasteiger partial charge in [0, 0.05) is 23.0 Å². The van der Waals surface area contributed by atoms with Crippen LogP contribution >= 0.6 is 11.6 Å². The van der Waals surface area contributed by atoms with E-state index < -0.39 is 11.9 Å². The first-order valence-electron chi connectivity index (χ1n) is 9.32. The lowest BCUT2D eigenvalue weighted by Crippen LogP contribution is -2.31. The lowest BCUT2D eigenvalue weighted by molar-refractivity contribution is -0.149. The molecule has 0 bridgehead atoms. The third kappa shape index (κ3) is 6.64. The van der Waals surface area contributed by atoms with Crippen LogP contribution in [0.3, 0.4) is 0 Å².